The molecule has 0 bridgehead atoms. The Labute approximate surface area is 144 Å². The van der Waals surface area contributed by atoms with Crippen molar-refractivity contribution >= 4 is 33.5 Å². The Hall–Kier alpha value is -1.84. The van der Waals surface area contributed by atoms with Crippen molar-refractivity contribution in [2.24, 2.45) is 0 Å². The molecule has 1 atom stereocenters. The van der Waals surface area contributed by atoms with Crippen LogP contribution in [0.1, 0.15) is 6.92 Å². The monoisotopic (exact) mass is 376 g/mol. The number of halogens is 1. The van der Waals surface area contributed by atoms with Gasteiger partial charge in [-0.3, -0.25) is 9.59 Å². The van der Waals surface area contributed by atoms with Crippen molar-refractivity contribution in [3.8, 4) is 5.75 Å². The Balaban J connectivity index is 2.38. The quantitative estimate of drug-likeness (QED) is 0.827. The number of hydrogen-bond acceptors (Lipinski definition) is 5. The lowest BCUT2D eigenvalue weighted by atomic mass is 10.2. The highest BCUT2D eigenvalue weighted by atomic mass is 35.5. The van der Waals surface area contributed by atoms with Crippen LogP contribution in [0.3, 0.4) is 0 Å². The van der Waals surface area contributed by atoms with Crippen molar-refractivity contribution in [1.82, 2.24) is 9.21 Å². The number of rotatable bonds is 4. The van der Waals surface area contributed by atoms with Crippen LogP contribution in [-0.4, -0.2) is 67.4 Å². The first-order valence-corrected chi connectivity index (χ1v) is 8.84. The summed E-state index contributed by atoms with van der Waals surface area (Å²) in [5.41, 5.74) is 0. The van der Waals surface area contributed by atoms with Gasteiger partial charge in [0.25, 0.3) is 0 Å². The number of carbonyl (C=O) groups is 2. The fourth-order valence-electron chi connectivity index (χ4n) is 2.48. The average Bonchev–Trinajstić information content (AvgIpc) is 2.53. The summed E-state index contributed by atoms with van der Waals surface area (Å²) in [6.07, 6.45) is 0. The highest BCUT2D eigenvalue weighted by Gasteiger charge is 2.41. The summed E-state index contributed by atoms with van der Waals surface area (Å²) in [5.74, 6) is -1.30. The molecule has 1 fully saturated rings. The zero-order valence-corrected chi connectivity index (χ0v) is 14.7. The molecule has 8 nitrogen and oxygen atoms in total. The van der Waals surface area contributed by atoms with Crippen LogP contribution in [0.5, 0.6) is 5.75 Å². The molecule has 1 aromatic rings. The SMILES string of the molecule is COc1ccc(S(=O)(=O)N2CCN(C(C)=O)C[C@@H]2C(=O)O)cc1Cl. The number of aliphatic carboxylic acids is 1. The molecule has 0 saturated carbocycles. The molecule has 2 rings (SSSR count). The largest absolute Gasteiger partial charge is 0.495 e. The molecule has 0 aliphatic carbocycles. The van der Waals surface area contributed by atoms with Gasteiger partial charge in [-0.15, -0.1) is 0 Å². The summed E-state index contributed by atoms with van der Waals surface area (Å²) in [4.78, 5) is 24.1. The van der Waals surface area contributed by atoms with E-state index in [4.69, 9.17) is 16.3 Å². The highest BCUT2D eigenvalue weighted by molar-refractivity contribution is 7.89. The standard InChI is InChI=1S/C14H17ClN2O6S/c1-9(18)16-5-6-17(12(8-16)14(19)20)24(21,22)10-3-4-13(23-2)11(15)7-10/h3-4,7,12H,5-6,8H2,1-2H3,(H,19,20)/t12-/m1/s1. The molecule has 1 heterocycles. The third-order valence-corrected chi connectivity index (χ3v) is 5.99. The van der Waals surface area contributed by atoms with Crippen LogP contribution in [0.15, 0.2) is 23.1 Å². The van der Waals surface area contributed by atoms with Gasteiger partial charge in [-0.2, -0.15) is 4.31 Å². The van der Waals surface area contributed by atoms with Crippen LogP contribution < -0.4 is 4.74 Å². The molecule has 0 aromatic heterocycles. The Morgan fingerprint density at radius 2 is 2.00 bits per heavy atom. The van der Waals surface area contributed by atoms with Gasteiger partial charge in [0, 0.05) is 26.6 Å². The predicted octanol–water partition coefficient (Wildman–Crippen LogP) is 0.655. The Kier molecular flexibility index (Phi) is 5.36. The Bertz CT molecular complexity index is 767. The van der Waals surface area contributed by atoms with Gasteiger partial charge in [0.15, 0.2) is 0 Å². The van der Waals surface area contributed by atoms with E-state index >= 15 is 0 Å². The van der Waals surface area contributed by atoms with Gasteiger partial charge in [0.1, 0.15) is 11.8 Å². The lowest BCUT2D eigenvalue weighted by Gasteiger charge is -2.38. The Morgan fingerprint density at radius 3 is 2.50 bits per heavy atom. The Morgan fingerprint density at radius 1 is 1.33 bits per heavy atom. The third kappa shape index (κ3) is 3.47. The van der Waals surface area contributed by atoms with E-state index in [0.717, 1.165) is 4.31 Å². The van der Waals surface area contributed by atoms with Gasteiger partial charge in [-0.05, 0) is 18.2 Å². The molecule has 0 unspecified atom stereocenters. The van der Waals surface area contributed by atoms with E-state index in [1.165, 1.54) is 37.1 Å². The van der Waals surface area contributed by atoms with E-state index < -0.39 is 22.0 Å². The minimum absolute atomic E-state index is 0.104. The minimum atomic E-state index is -4.08. The minimum Gasteiger partial charge on any atom is -0.495 e. The first-order valence-electron chi connectivity index (χ1n) is 7.02. The molecule has 1 aliphatic rings. The number of ether oxygens (including phenoxy) is 1. The average molecular weight is 377 g/mol. The lowest BCUT2D eigenvalue weighted by Crippen LogP contribution is -2.58. The molecule has 132 valence electrons. The molecule has 0 spiro atoms. The van der Waals surface area contributed by atoms with Crippen LogP contribution in [0.4, 0.5) is 0 Å². The van der Waals surface area contributed by atoms with E-state index in [1.54, 1.807) is 0 Å². The van der Waals surface area contributed by atoms with Gasteiger partial charge < -0.3 is 14.7 Å². The highest BCUT2D eigenvalue weighted by Crippen LogP contribution is 2.29. The number of sulfonamides is 1. The number of amides is 1. The van der Waals surface area contributed by atoms with Crippen molar-refractivity contribution in [2.75, 3.05) is 26.7 Å². The number of nitrogens with zero attached hydrogens (tertiary/aromatic N) is 2. The van der Waals surface area contributed by atoms with Crippen molar-refractivity contribution < 1.29 is 27.9 Å². The molecule has 24 heavy (non-hydrogen) atoms. The summed E-state index contributed by atoms with van der Waals surface area (Å²) >= 11 is 5.96. The second kappa shape index (κ2) is 6.96. The molecule has 10 heteroatoms. The molecule has 1 aromatic carbocycles. The molecule has 1 aliphatic heterocycles. The maximum Gasteiger partial charge on any atom is 0.323 e. The zero-order valence-electron chi connectivity index (χ0n) is 13.1. The molecule has 1 saturated heterocycles. The fraction of sp³-hybridized carbons (Fsp3) is 0.429. The van der Waals surface area contributed by atoms with Gasteiger partial charge in [-0.1, -0.05) is 11.6 Å². The van der Waals surface area contributed by atoms with E-state index in [9.17, 15) is 23.1 Å². The second-order valence-electron chi connectivity index (χ2n) is 5.23. The van der Waals surface area contributed by atoms with Crippen LogP contribution in [0.2, 0.25) is 5.02 Å². The van der Waals surface area contributed by atoms with Crippen molar-refractivity contribution in [1.29, 1.82) is 0 Å². The van der Waals surface area contributed by atoms with Gasteiger partial charge in [-0.25, -0.2) is 8.42 Å². The number of carboxylic acid groups (broad SMARTS) is 1. The van der Waals surface area contributed by atoms with E-state index in [1.807, 2.05) is 0 Å². The van der Waals surface area contributed by atoms with E-state index in [-0.39, 0.29) is 35.5 Å². The number of hydrogen-bond donors (Lipinski definition) is 1. The van der Waals surface area contributed by atoms with E-state index in [2.05, 4.69) is 0 Å². The number of benzene rings is 1. The summed E-state index contributed by atoms with van der Waals surface area (Å²) in [6.45, 7) is 1.13. The normalized spacial score (nSPS) is 19.1. The van der Waals surface area contributed by atoms with Gasteiger partial charge in [0.05, 0.1) is 17.0 Å². The van der Waals surface area contributed by atoms with Crippen molar-refractivity contribution in [3.05, 3.63) is 23.2 Å². The maximum atomic E-state index is 12.8. The van der Waals surface area contributed by atoms with Gasteiger partial charge >= 0.3 is 5.97 Å². The lowest BCUT2D eigenvalue weighted by molar-refractivity contribution is -0.145. The topological polar surface area (TPSA) is 104 Å². The van der Waals surface area contributed by atoms with Gasteiger partial charge in [0.2, 0.25) is 15.9 Å². The fourth-order valence-corrected chi connectivity index (χ4v) is 4.40. The summed E-state index contributed by atoms with van der Waals surface area (Å²) in [5, 5.41) is 9.47. The van der Waals surface area contributed by atoms with Crippen molar-refractivity contribution in [3.63, 3.8) is 0 Å². The molecular weight excluding hydrogens is 360 g/mol. The summed E-state index contributed by atoms with van der Waals surface area (Å²) in [6, 6.07) is 2.56. The zero-order chi connectivity index (χ0) is 18.1. The molecule has 0 radical (unpaired) electrons. The summed E-state index contributed by atoms with van der Waals surface area (Å²) < 4.78 is 31.4. The van der Waals surface area contributed by atoms with Crippen LogP contribution in [0, 0.1) is 0 Å². The first kappa shape index (κ1) is 18.5. The number of methoxy groups -OCH3 is 1. The maximum absolute atomic E-state index is 12.8. The molecule has 1 amide bonds. The summed E-state index contributed by atoms with van der Waals surface area (Å²) in [7, 11) is -2.68. The van der Waals surface area contributed by atoms with Crippen LogP contribution in [-0.2, 0) is 19.6 Å². The third-order valence-electron chi connectivity index (χ3n) is 3.79. The number of carbonyl (C=O) groups excluding carboxylic acids is 1. The number of carboxylic acids is 1. The van der Waals surface area contributed by atoms with Crippen LogP contribution in [0.25, 0.3) is 0 Å². The van der Waals surface area contributed by atoms with Crippen molar-refractivity contribution in [2.45, 2.75) is 17.9 Å². The second-order valence-corrected chi connectivity index (χ2v) is 7.53. The van der Waals surface area contributed by atoms with E-state index in [0.29, 0.717) is 5.75 Å². The smallest absolute Gasteiger partial charge is 0.323 e. The van der Waals surface area contributed by atoms with Crippen LogP contribution >= 0.6 is 11.6 Å². The first-order chi connectivity index (χ1) is 11.2. The molecular formula is C14H17ClN2O6S. The molecule has 1 N–H and O–H groups in total. The number of piperazine rings is 1. The predicted molar refractivity (Wildman–Crippen MR) is 85.6 cm³/mol.